The fraction of sp³-hybridized carbons (Fsp3) is 0.129. The van der Waals surface area contributed by atoms with Crippen LogP contribution in [0.3, 0.4) is 0 Å². The zero-order valence-corrected chi connectivity index (χ0v) is 19.1. The van der Waals surface area contributed by atoms with E-state index < -0.39 is 0 Å². The molecule has 3 heteroatoms. The predicted molar refractivity (Wildman–Crippen MR) is 135 cm³/mol. The Labute approximate surface area is 200 Å². The Morgan fingerprint density at radius 2 is 0.941 bits per heavy atom. The second-order valence-electron chi connectivity index (χ2n) is 8.29. The average molecular weight is 447 g/mol. The molecule has 4 aromatic rings. The second-order valence-corrected chi connectivity index (χ2v) is 8.29. The molecule has 0 aliphatic rings. The van der Waals surface area contributed by atoms with Crippen molar-refractivity contribution >= 4 is 17.3 Å². The van der Waals surface area contributed by atoms with Crippen LogP contribution in [0.15, 0.2) is 109 Å². The summed E-state index contributed by atoms with van der Waals surface area (Å²) in [6.07, 6.45) is 0.750. The third kappa shape index (κ3) is 5.26. The van der Waals surface area contributed by atoms with Gasteiger partial charge >= 0.3 is 0 Å². The van der Waals surface area contributed by atoms with E-state index in [4.69, 9.17) is 0 Å². The van der Waals surface area contributed by atoms with Crippen LogP contribution in [0.25, 0.3) is 0 Å². The highest BCUT2D eigenvalue weighted by atomic mass is 16.1. The normalized spacial score (nSPS) is 11.6. The lowest BCUT2D eigenvalue weighted by molar-refractivity contribution is 0.0893. The van der Waals surface area contributed by atoms with E-state index in [1.807, 2.05) is 48.5 Å². The van der Waals surface area contributed by atoms with Crippen molar-refractivity contribution in [3.8, 4) is 0 Å². The van der Waals surface area contributed by atoms with Gasteiger partial charge in [-0.2, -0.15) is 0 Å². The Morgan fingerprint density at radius 3 is 1.47 bits per heavy atom. The zero-order chi connectivity index (χ0) is 23.9. The van der Waals surface area contributed by atoms with E-state index in [1.165, 1.54) is 5.56 Å². The van der Waals surface area contributed by atoms with Gasteiger partial charge in [0.2, 0.25) is 0 Å². The molecule has 0 aromatic heterocycles. The van der Waals surface area contributed by atoms with E-state index in [-0.39, 0.29) is 29.7 Å². The van der Waals surface area contributed by atoms with E-state index in [0.29, 0.717) is 22.3 Å². The van der Waals surface area contributed by atoms with Crippen LogP contribution in [-0.4, -0.2) is 17.3 Å². The van der Waals surface area contributed by atoms with Crippen molar-refractivity contribution in [1.82, 2.24) is 0 Å². The van der Waals surface area contributed by atoms with Crippen LogP contribution in [0.1, 0.15) is 73.4 Å². The first-order chi connectivity index (χ1) is 16.6. The van der Waals surface area contributed by atoms with Crippen LogP contribution in [-0.2, 0) is 0 Å². The van der Waals surface area contributed by atoms with Gasteiger partial charge in [0.25, 0.3) is 0 Å². The quantitative estimate of drug-likeness (QED) is 0.207. The Bertz CT molecular complexity index is 1270. The van der Waals surface area contributed by atoms with Crippen molar-refractivity contribution in [3.05, 3.63) is 143 Å². The molecule has 0 radical (unpaired) electrons. The van der Waals surface area contributed by atoms with E-state index in [0.717, 1.165) is 12.0 Å². The van der Waals surface area contributed by atoms with Crippen molar-refractivity contribution in [2.45, 2.75) is 25.7 Å². The van der Waals surface area contributed by atoms with Crippen LogP contribution in [0.4, 0.5) is 0 Å². The number of benzene rings is 4. The lowest BCUT2D eigenvalue weighted by atomic mass is 9.88. The minimum absolute atomic E-state index is 0.100. The standard InChI is InChI=1S/C31H26O3/c1-2-28(22-9-5-3-6-10-22)23-13-15-24(16-14-23)29(32)21-30(33)25-17-19-27(20-18-25)31(34)26-11-7-4-8-12-26/h3-20,28H,2,21H2,1H3. The molecule has 1 unspecified atom stereocenters. The molecule has 0 aliphatic heterocycles. The molecule has 34 heavy (non-hydrogen) atoms. The fourth-order valence-electron chi connectivity index (χ4n) is 4.16. The number of Topliss-reactive ketones (excluding diaryl/α,β-unsaturated/α-hetero) is 2. The highest BCUT2D eigenvalue weighted by Crippen LogP contribution is 2.28. The Morgan fingerprint density at radius 1 is 0.529 bits per heavy atom. The molecule has 0 spiro atoms. The summed E-state index contributed by atoms with van der Waals surface area (Å²) in [5.41, 5.74) is 4.44. The van der Waals surface area contributed by atoms with Crippen molar-refractivity contribution < 1.29 is 14.4 Å². The van der Waals surface area contributed by atoms with Crippen molar-refractivity contribution in [2.75, 3.05) is 0 Å². The highest BCUT2D eigenvalue weighted by Gasteiger charge is 2.17. The Hall–Kier alpha value is -4.11. The number of ketones is 3. The van der Waals surface area contributed by atoms with Crippen LogP contribution in [0.2, 0.25) is 0 Å². The number of hydrogen-bond acceptors (Lipinski definition) is 3. The van der Waals surface area contributed by atoms with Gasteiger partial charge in [-0.25, -0.2) is 0 Å². The summed E-state index contributed by atoms with van der Waals surface area (Å²) in [4.78, 5) is 38.0. The first-order valence-corrected chi connectivity index (χ1v) is 11.5. The monoisotopic (exact) mass is 446 g/mol. The molecular formula is C31H26O3. The minimum atomic E-state index is -0.261. The lowest BCUT2D eigenvalue weighted by Gasteiger charge is -2.16. The summed E-state index contributed by atoms with van der Waals surface area (Å²) in [5, 5.41) is 0. The molecule has 4 aromatic carbocycles. The molecule has 0 bridgehead atoms. The summed E-state index contributed by atoms with van der Waals surface area (Å²) in [6.45, 7) is 2.15. The SMILES string of the molecule is CCC(c1ccccc1)c1ccc(C(=O)CC(=O)c2ccc(C(=O)c3ccccc3)cc2)cc1. The fourth-order valence-corrected chi connectivity index (χ4v) is 4.16. The number of carbonyl (C=O) groups is 3. The topological polar surface area (TPSA) is 51.2 Å². The maximum absolute atomic E-state index is 12.7. The Kier molecular flexibility index (Phi) is 7.24. The summed E-state index contributed by atoms with van der Waals surface area (Å²) in [7, 11) is 0. The predicted octanol–water partition coefficient (Wildman–Crippen LogP) is 6.92. The molecule has 3 nitrogen and oxygen atoms in total. The molecule has 0 heterocycles. The largest absolute Gasteiger partial charge is 0.294 e. The van der Waals surface area contributed by atoms with Gasteiger partial charge in [0, 0.05) is 28.2 Å². The first-order valence-electron chi connectivity index (χ1n) is 11.5. The van der Waals surface area contributed by atoms with Crippen molar-refractivity contribution in [1.29, 1.82) is 0 Å². The summed E-state index contributed by atoms with van der Waals surface area (Å²) < 4.78 is 0. The van der Waals surface area contributed by atoms with E-state index >= 15 is 0 Å². The number of carbonyl (C=O) groups excluding carboxylic acids is 3. The van der Waals surface area contributed by atoms with Gasteiger partial charge in [-0.1, -0.05) is 116 Å². The van der Waals surface area contributed by atoms with Gasteiger partial charge in [0.05, 0.1) is 6.42 Å². The van der Waals surface area contributed by atoms with Crippen LogP contribution in [0, 0.1) is 0 Å². The number of hydrogen-bond donors (Lipinski definition) is 0. The van der Waals surface area contributed by atoms with Gasteiger partial charge in [-0.3, -0.25) is 14.4 Å². The van der Waals surface area contributed by atoms with E-state index in [9.17, 15) is 14.4 Å². The summed E-state index contributed by atoms with van der Waals surface area (Å²) in [5.74, 6) is -0.307. The zero-order valence-electron chi connectivity index (χ0n) is 19.1. The van der Waals surface area contributed by atoms with Gasteiger partial charge in [0.15, 0.2) is 17.3 Å². The maximum atomic E-state index is 12.7. The van der Waals surface area contributed by atoms with Gasteiger partial charge in [0.1, 0.15) is 0 Å². The molecule has 0 aliphatic carbocycles. The van der Waals surface area contributed by atoms with Gasteiger partial charge in [-0.05, 0) is 17.5 Å². The molecule has 4 rings (SSSR count). The molecule has 0 saturated carbocycles. The summed E-state index contributed by atoms with van der Waals surface area (Å²) >= 11 is 0. The van der Waals surface area contributed by atoms with Crippen molar-refractivity contribution in [2.24, 2.45) is 0 Å². The third-order valence-electron chi connectivity index (χ3n) is 6.07. The molecular weight excluding hydrogens is 420 g/mol. The average Bonchev–Trinajstić information content (AvgIpc) is 2.90. The molecule has 168 valence electrons. The maximum Gasteiger partial charge on any atom is 0.193 e. The molecule has 0 saturated heterocycles. The number of rotatable bonds is 9. The third-order valence-corrected chi connectivity index (χ3v) is 6.07. The van der Waals surface area contributed by atoms with Gasteiger partial charge < -0.3 is 0 Å². The van der Waals surface area contributed by atoms with E-state index in [1.54, 1.807) is 48.5 Å². The highest BCUT2D eigenvalue weighted by molar-refractivity contribution is 6.14. The molecule has 0 N–H and O–H groups in total. The molecule has 0 fully saturated rings. The minimum Gasteiger partial charge on any atom is -0.294 e. The first kappa shape index (κ1) is 23.1. The van der Waals surface area contributed by atoms with Crippen LogP contribution < -0.4 is 0 Å². The van der Waals surface area contributed by atoms with Crippen LogP contribution in [0.5, 0.6) is 0 Å². The lowest BCUT2D eigenvalue weighted by Crippen LogP contribution is -2.09. The van der Waals surface area contributed by atoms with Crippen LogP contribution >= 0.6 is 0 Å². The summed E-state index contributed by atoms with van der Waals surface area (Å²) in [6, 6.07) is 33.4. The molecule has 1 atom stereocenters. The smallest absolute Gasteiger partial charge is 0.193 e. The molecule has 0 amide bonds. The van der Waals surface area contributed by atoms with Crippen molar-refractivity contribution in [3.63, 3.8) is 0 Å². The Balaban J connectivity index is 1.41. The van der Waals surface area contributed by atoms with E-state index in [2.05, 4.69) is 19.1 Å². The van der Waals surface area contributed by atoms with Gasteiger partial charge in [-0.15, -0.1) is 0 Å². The second kappa shape index (κ2) is 10.7.